The van der Waals surface area contributed by atoms with E-state index in [1.807, 2.05) is 0 Å². The fraction of sp³-hybridized carbons (Fsp3) is 0.333. The lowest BCUT2D eigenvalue weighted by Gasteiger charge is -2.05. The van der Waals surface area contributed by atoms with Gasteiger partial charge in [0.25, 0.3) is 0 Å². The summed E-state index contributed by atoms with van der Waals surface area (Å²) in [5, 5.41) is 7.10. The summed E-state index contributed by atoms with van der Waals surface area (Å²) in [6, 6.07) is 6.36. The van der Waals surface area contributed by atoms with Gasteiger partial charge in [-0.1, -0.05) is 33.2 Å². The Morgan fingerprint density at radius 3 is 3.00 bits per heavy atom. The topological polar surface area (TPSA) is 51.0 Å². The van der Waals surface area contributed by atoms with Gasteiger partial charge in [-0.15, -0.1) is 0 Å². The number of nitrogens with zero attached hydrogens (tertiary/aromatic N) is 2. The maximum Gasteiger partial charge on any atom is 0.213 e. The summed E-state index contributed by atoms with van der Waals surface area (Å²) < 4.78 is 5.81. The van der Waals surface area contributed by atoms with Gasteiger partial charge in [0.2, 0.25) is 6.39 Å². The first-order chi connectivity index (χ1) is 8.25. The van der Waals surface area contributed by atoms with E-state index >= 15 is 0 Å². The second-order valence-corrected chi connectivity index (χ2v) is 4.71. The molecule has 0 amide bonds. The lowest BCUT2D eigenvalue weighted by atomic mass is 10.1. The summed E-state index contributed by atoms with van der Waals surface area (Å²) in [6.07, 6.45) is 2.14. The quantitative estimate of drug-likeness (QED) is 0.861. The van der Waals surface area contributed by atoms with E-state index in [4.69, 9.17) is 0 Å². The average molecular weight is 296 g/mol. The number of nitrogens with one attached hydrogen (secondary N) is 1. The first kappa shape index (κ1) is 12.3. The standard InChI is InChI=1S/C12H14BrN3O/c1-9-6-10(2-3-11(9)13)7-14-5-4-12-15-8-17-16-12/h2-3,6,8,14H,4-5,7H2,1H3. The molecule has 0 radical (unpaired) electrons. The van der Waals surface area contributed by atoms with Crippen LogP contribution in [0.25, 0.3) is 0 Å². The van der Waals surface area contributed by atoms with Crippen LogP contribution in [0.5, 0.6) is 0 Å². The molecule has 0 aliphatic heterocycles. The summed E-state index contributed by atoms with van der Waals surface area (Å²) in [5.74, 6) is 0.740. The zero-order valence-corrected chi connectivity index (χ0v) is 11.2. The maximum absolute atomic E-state index is 4.66. The Kier molecular flexibility index (Phi) is 4.28. The van der Waals surface area contributed by atoms with Crippen LogP contribution in [0.15, 0.2) is 33.6 Å². The van der Waals surface area contributed by atoms with Crippen molar-refractivity contribution in [2.75, 3.05) is 6.54 Å². The Bertz CT molecular complexity index is 471. The van der Waals surface area contributed by atoms with Gasteiger partial charge in [0, 0.05) is 24.0 Å². The molecular weight excluding hydrogens is 282 g/mol. The highest BCUT2D eigenvalue weighted by atomic mass is 79.9. The highest BCUT2D eigenvalue weighted by molar-refractivity contribution is 9.10. The number of hydrogen-bond donors (Lipinski definition) is 1. The number of hydrogen-bond acceptors (Lipinski definition) is 4. The second-order valence-electron chi connectivity index (χ2n) is 3.86. The highest BCUT2D eigenvalue weighted by Crippen LogP contribution is 2.16. The molecule has 0 aliphatic carbocycles. The molecule has 1 aromatic carbocycles. The van der Waals surface area contributed by atoms with E-state index in [0.717, 1.165) is 29.8 Å². The van der Waals surface area contributed by atoms with Crippen molar-refractivity contribution in [3.63, 3.8) is 0 Å². The van der Waals surface area contributed by atoms with E-state index in [0.29, 0.717) is 0 Å². The molecule has 0 bridgehead atoms. The predicted octanol–water partition coefficient (Wildman–Crippen LogP) is 2.47. The molecule has 2 rings (SSSR count). The van der Waals surface area contributed by atoms with Crippen LogP contribution in [-0.4, -0.2) is 16.7 Å². The molecule has 0 saturated heterocycles. The summed E-state index contributed by atoms with van der Waals surface area (Å²) in [7, 11) is 0. The van der Waals surface area contributed by atoms with Crippen LogP contribution in [0.2, 0.25) is 0 Å². The molecule has 2 aromatic rings. The van der Waals surface area contributed by atoms with Crippen LogP contribution in [0, 0.1) is 6.92 Å². The molecule has 17 heavy (non-hydrogen) atoms. The molecule has 4 nitrogen and oxygen atoms in total. The van der Waals surface area contributed by atoms with E-state index in [2.05, 4.69) is 61.0 Å². The van der Waals surface area contributed by atoms with E-state index in [1.165, 1.54) is 17.5 Å². The Morgan fingerprint density at radius 1 is 1.41 bits per heavy atom. The van der Waals surface area contributed by atoms with Gasteiger partial charge in [0.1, 0.15) is 0 Å². The number of rotatable bonds is 5. The van der Waals surface area contributed by atoms with Crippen LogP contribution in [0.1, 0.15) is 17.0 Å². The second kappa shape index (κ2) is 5.93. The molecule has 5 heteroatoms. The smallest absolute Gasteiger partial charge is 0.213 e. The number of aromatic nitrogens is 2. The molecule has 1 aromatic heterocycles. The minimum atomic E-state index is 0.740. The van der Waals surface area contributed by atoms with Crippen LogP contribution in [0.3, 0.4) is 0 Å². The van der Waals surface area contributed by atoms with Crippen LogP contribution in [-0.2, 0) is 13.0 Å². The van der Waals surface area contributed by atoms with Crippen LogP contribution in [0.4, 0.5) is 0 Å². The molecule has 0 atom stereocenters. The fourth-order valence-electron chi connectivity index (χ4n) is 1.55. The summed E-state index contributed by atoms with van der Waals surface area (Å²) in [4.78, 5) is 3.96. The summed E-state index contributed by atoms with van der Waals surface area (Å²) in [6.45, 7) is 3.79. The van der Waals surface area contributed by atoms with Gasteiger partial charge in [-0.05, 0) is 24.1 Å². The number of benzene rings is 1. The minimum Gasteiger partial charge on any atom is -0.343 e. The molecular formula is C12H14BrN3O. The van der Waals surface area contributed by atoms with E-state index in [9.17, 15) is 0 Å². The molecule has 0 saturated carbocycles. The van der Waals surface area contributed by atoms with Gasteiger partial charge in [-0.25, -0.2) is 0 Å². The van der Waals surface area contributed by atoms with Crippen LogP contribution < -0.4 is 5.32 Å². The molecule has 90 valence electrons. The number of aryl methyl sites for hydroxylation is 1. The normalized spacial score (nSPS) is 10.7. The van der Waals surface area contributed by atoms with Gasteiger partial charge >= 0.3 is 0 Å². The first-order valence-electron chi connectivity index (χ1n) is 5.46. The summed E-state index contributed by atoms with van der Waals surface area (Å²) in [5.41, 5.74) is 2.53. The first-order valence-corrected chi connectivity index (χ1v) is 6.26. The molecule has 0 spiro atoms. The lowest BCUT2D eigenvalue weighted by Crippen LogP contribution is -2.17. The monoisotopic (exact) mass is 295 g/mol. The van der Waals surface area contributed by atoms with Crippen molar-refractivity contribution in [1.29, 1.82) is 0 Å². The fourth-order valence-corrected chi connectivity index (χ4v) is 1.80. The van der Waals surface area contributed by atoms with Crippen molar-refractivity contribution >= 4 is 15.9 Å². The lowest BCUT2D eigenvalue weighted by molar-refractivity contribution is 0.409. The third-order valence-electron chi connectivity index (χ3n) is 2.48. The predicted molar refractivity (Wildman–Crippen MR) is 68.6 cm³/mol. The Morgan fingerprint density at radius 2 is 2.29 bits per heavy atom. The van der Waals surface area contributed by atoms with Gasteiger partial charge in [-0.3, -0.25) is 0 Å². The van der Waals surface area contributed by atoms with Crippen molar-refractivity contribution in [2.24, 2.45) is 0 Å². The van der Waals surface area contributed by atoms with Crippen molar-refractivity contribution < 1.29 is 4.52 Å². The third kappa shape index (κ3) is 3.64. The SMILES string of the molecule is Cc1cc(CNCCc2ncon2)ccc1Br. The van der Waals surface area contributed by atoms with Gasteiger partial charge in [0.15, 0.2) is 5.82 Å². The average Bonchev–Trinajstić information content (AvgIpc) is 2.82. The van der Waals surface area contributed by atoms with Gasteiger partial charge in [0.05, 0.1) is 0 Å². The molecule has 0 unspecified atom stereocenters. The zero-order valence-electron chi connectivity index (χ0n) is 9.61. The molecule has 0 aliphatic rings. The molecule has 1 N–H and O–H groups in total. The van der Waals surface area contributed by atoms with E-state index < -0.39 is 0 Å². The maximum atomic E-state index is 4.66. The molecule has 1 heterocycles. The highest BCUT2D eigenvalue weighted by Gasteiger charge is 1.99. The summed E-state index contributed by atoms with van der Waals surface area (Å²) >= 11 is 3.49. The molecule has 0 fully saturated rings. The largest absolute Gasteiger partial charge is 0.343 e. The van der Waals surface area contributed by atoms with E-state index in [-0.39, 0.29) is 0 Å². The van der Waals surface area contributed by atoms with Crippen molar-refractivity contribution in [3.8, 4) is 0 Å². The minimum absolute atomic E-state index is 0.740. The Balaban J connectivity index is 1.76. The van der Waals surface area contributed by atoms with Crippen molar-refractivity contribution in [2.45, 2.75) is 19.9 Å². The third-order valence-corrected chi connectivity index (χ3v) is 3.37. The van der Waals surface area contributed by atoms with Crippen molar-refractivity contribution in [3.05, 3.63) is 46.0 Å². The van der Waals surface area contributed by atoms with Gasteiger partial charge in [-0.2, -0.15) is 4.98 Å². The Labute approximate surface area is 109 Å². The number of halogens is 1. The zero-order chi connectivity index (χ0) is 12.1. The Hall–Kier alpha value is -1.20. The van der Waals surface area contributed by atoms with Crippen molar-refractivity contribution in [1.82, 2.24) is 15.5 Å². The van der Waals surface area contributed by atoms with E-state index in [1.54, 1.807) is 0 Å². The van der Waals surface area contributed by atoms with Crippen LogP contribution >= 0.6 is 15.9 Å². The van der Waals surface area contributed by atoms with Gasteiger partial charge < -0.3 is 9.84 Å².